The maximum atomic E-state index is 12.8. The zero-order valence-corrected chi connectivity index (χ0v) is 12.3. The van der Waals surface area contributed by atoms with Crippen LogP contribution >= 0.6 is 0 Å². The highest BCUT2D eigenvalue weighted by Gasteiger charge is 2.16. The van der Waals surface area contributed by atoms with Gasteiger partial charge in [-0.2, -0.15) is 0 Å². The summed E-state index contributed by atoms with van der Waals surface area (Å²) in [6, 6.07) is 5.83. The number of hydrogen-bond acceptors (Lipinski definition) is 2. The SMILES string of the molecule is CN(CCCC(=O)c1ccc(F)cc1)CC1CCCC1. The molecule has 0 saturated heterocycles. The topological polar surface area (TPSA) is 20.3 Å². The Morgan fingerprint density at radius 2 is 1.90 bits per heavy atom. The lowest BCUT2D eigenvalue weighted by atomic mass is 10.1. The average molecular weight is 277 g/mol. The second-order valence-corrected chi connectivity index (χ2v) is 5.95. The van der Waals surface area contributed by atoms with E-state index in [4.69, 9.17) is 0 Å². The number of ketones is 1. The van der Waals surface area contributed by atoms with Gasteiger partial charge in [0, 0.05) is 18.5 Å². The number of nitrogens with zero attached hydrogens (tertiary/aromatic N) is 1. The Hall–Kier alpha value is -1.22. The summed E-state index contributed by atoms with van der Waals surface area (Å²) in [6.07, 6.45) is 6.89. The Labute approximate surface area is 121 Å². The maximum absolute atomic E-state index is 12.8. The van der Waals surface area contributed by atoms with Crippen LogP contribution in [-0.2, 0) is 0 Å². The first-order valence-electron chi connectivity index (χ1n) is 7.62. The van der Waals surface area contributed by atoms with Gasteiger partial charge in [0.05, 0.1) is 0 Å². The molecule has 0 atom stereocenters. The zero-order chi connectivity index (χ0) is 14.4. The van der Waals surface area contributed by atoms with E-state index in [0.29, 0.717) is 12.0 Å². The first-order valence-corrected chi connectivity index (χ1v) is 7.62. The van der Waals surface area contributed by atoms with Gasteiger partial charge in [-0.3, -0.25) is 4.79 Å². The molecule has 110 valence electrons. The van der Waals surface area contributed by atoms with Crippen LogP contribution in [0.5, 0.6) is 0 Å². The van der Waals surface area contributed by atoms with Gasteiger partial charge in [-0.1, -0.05) is 12.8 Å². The van der Waals surface area contributed by atoms with Crippen LogP contribution in [0.1, 0.15) is 48.9 Å². The van der Waals surface area contributed by atoms with Gasteiger partial charge in [0.25, 0.3) is 0 Å². The van der Waals surface area contributed by atoms with Gasteiger partial charge in [0.1, 0.15) is 5.82 Å². The monoisotopic (exact) mass is 277 g/mol. The molecule has 1 saturated carbocycles. The van der Waals surface area contributed by atoms with Crippen LogP contribution in [0.4, 0.5) is 4.39 Å². The van der Waals surface area contributed by atoms with Crippen molar-refractivity contribution in [2.45, 2.75) is 38.5 Å². The van der Waals surface area contributed by atoms with E-state index in [9.17, 15) is 9.18 Å². The van der Waals surface area contributed by atoms with Crippen molar-refractivity contribution < 1.29 is 9.18 Å². The van der Waals surface area contributed by atoms with Crippen LogP contribution in [0.25, 0.3) is 0 Å². The molecule has 20 heavy (non-hydrogen) atoms. The molecule has 0 amide bonds. The minimum Gasteiger partial charge on any atom is -0.306 e. The molecule has 1 aromatic carbocycles. The third-order valence-corrected chi connectivity index (χ3v) is 4.15. The highest BCUT2D eigenvalue weighted by Crippen LogP contribution is 2.25. The molecular formula is C17H24FNO. The lowest BCUT2D eigenvalue weighted by Gasteiger charge is -2.20. The Balaban J connectivity index is 1.66. The molecule has 1 aromatic rings. The van der Waals surface area contributed by atoms with Gasteiger partial charge in [-0.25, -0.2) is 4.39 Å². The molecule has 2 rings (SSSR count). The maximum Gasteiger partial charge on any atom is 0.162 e. The molecule has 0 radical (unpaired) electrons. The molecule has 2 nitrogen and oxygen atoms in total. The normalized spacial score (nSPS) is 15.9. The first-order chi connectivity index (χ1) is 9.65. The molecule has 0 N–H and O–H groups in total. The number of hydrogen-bond donors (Lipinski definition) is 0. The smallest absolute Gasteiger partial charge is 0.162 e. The molecule has 0 unspecified atom stereocenters. The highest BCUT2D eigenvalue weighted by molar-refractivity contribution is 5.95. The summed E-state index contributed by atoms with van der Waals surface area (Å²) in [4.78, 5) is 14.3. The van der Waals surface area contributed by atoms with Gasteiger partial charge < -0.3 is 4.90 Å². The van der Waals surface area contributed by atoms with Crippen LogP contribution in [0, 0.1) is 11.7 Å². The summed E-state index contributed by atoms with van der Waals surface area (Å²) in [5, 5.41) is 0. The largest absolute Gasteiger partial charge is 0.306 e. The van der Waals surface area contributed by atoms with Gasteiger partial charge in [0.2, 0.25) is 0 Å². The van der Waals surface area contributed by atoms with E-state index in [1.165, 1.54) is 37.8 Å². The molecule has 0 aromatic heterocycles. The van der Waals surface area contributed by atoms with Crippen molar-refractivity contribution in [2.75, 3.05) is 20.1 Å². The van der Waals surface area contributed by atoms with Crippen molar-refractivity contribution in [2.24, 2.45) is 5.92 Å². The Bertz CT molecular complexity index is 423. The zero-order valence-electron chi connectivity index (χ0n) is 12.3. The van der Waals surface area contributed by atoms with Crippen molar-refractivity contribution >= 4 is 5.78 Å². The summed E-state index contributed by atoms with van der Waals surface area (Å²) in [5.74, 6) is 0.671. The molecule has 1 fully saturated rings. The number of halogens is 1. The van der Waals surface area contributed by atoms with Crippen LogP contribution in [0.3, 0.4) is 0 Å². The summed E-state index contributed by atoms with van der Waals surface area (Å²) < 4.78 is 12.8. The first kappa shape index (κ1) is 15.2. The van der Waals surface area contributed by atoms with Gasteiger partial charge >= 0.3 is 0 Å². The predicted octanol–water partition coefficient (Wildman–Crippen LogP) is 3.91. The standard InChI is InChI=1S/C17H24FNO/c1-19(13-14-5-2-3-6-14)12-4-7-17(20)15-8-10-16(18)11-9-15/h8-11,14H,2-7,12-13H2,1H3. The van der Waals surface area contributed by atoms with E-state index in [1.54, 1.807) is 12.1 Å². The molecule has 0 heterocycles. The summed E-state index contributed by atoms with van der Waals surface area (Å²) in [5.41, 5.74) is 0.616. The number of Topliss-reactive ketones (excluding diaryl/α,β-unsaturated/α-hetero) is 1. The average Bonchev–Trinajstić information content (AvgIpc) is 2.92. The van der Waals surface area contributed by atoms with E-state index in [2.05, 4.69) is 11.9 Å². The van der Waals surface area contributed by atoms with E-state index < -0.39 is 0 Å². The number of carbonyl (C=O) groups is 1. The van der Waals surface area contributed by atoms with Crippen LogP contribution in [-0.4, -0.2) is 30.8 Å². The van der Waals surface area contributed by atoms with Gasteiger partial charge in [-0.15, -0.1) is 0 Å². The number of benzene rings is 1. The Morgan fingerprint density at radius 1 is 1.25 bits per heavy atom. The fourth-order valence-corrected chi connectivity index (χ4v) is 3.01. The minimum atomic E-state index is -0.294. The lowest BCUT2D eigenvalue weighted by Crippen LogP contribution is -2.26. The van der Waals surface area contributed by atoms with Crippen molar-refractivity contribution in [1.82, 2.24) is 4.90 Å². The van der Waals surface area contributed by atoms with Crippen molar-refractivity contribution in [3.63, 3.8) is 0 Å². The van der Waals surface area contributed by atoms with Crippen molar-refractivity contribution in [3.05, 3.63) is 35.6 Å². The summed E-state index contributed by atoms with van der Waals surface area (Å²) >= 11 is 0. The predicted molar refractivity (Wildman–Crippen MR) is 79.4 cm³/mol. The molecule has 1 aliphatic carbocycles. The third-order valence-electron chi connectivity index (χ3n) is 4.15. The molecule has 0 bridgehead atoms. The summed E-state index contributed by atoms with van der Waals surface area (Å²) in [7, 11) is 2.14. The van der Waals surface area contributed by atoms with Crippen molar-refractivity contribution in [1.29, 1.82) is 0 Å². The minimum absolute atomic E-state index is 0.110. The van der Waals surface area contributed by atoms with Crippen LogP contribution < -0.4 is 0 Å². The van der Waals surface area contributed by atoms with E-state index >= 15 is 0 Å². The molecule has 1 aliphatic rings. The quantitative estimate of drug-likeness (QED) is 0.704. The van der Waals surface area contributed by atoms with Crippen LogP contribution in [0.15, 0.2) is 24.3 Å². The second kappa shape index (κ2) is 7.53. The Kier molecular flexibility index (Phi) is 5.72. The van der Waals surface area contributed by atoms with Crippen LogP contribution in [0.2, 0.25) is 0 Å². The molecule has 0 spiro atoms. The van der Waals surface area contributed by atoms with Crippen molar-refractivity contribution in [3.8, 4) is 0 Å². The molecule has 3 heteroatoms. The van der Waals surface area contributed by atoms with Gasteiger partial charge in [-0.05, 0) is 63.0 Å². The molecular weight excluding hydrogens is 253 g/mol. The number of rotatable bonds is 7. The highest BCUT2D eigenvalue weighted by atomic mass is 19.1. The lowest BCUT2D eigenvalue weighted by molar-refractivity contribution is 0.0975. The van der Waals surface area contributed by atoms with E-state index in [1.807, 2.05) is 0 Å². The second-order valence-electron chi connectivity index (χ2n) is 5.95. The van der Waals surface area contributed by atoms with Gasteiger partial charge in [0.15, 0.2) is 5.78 Å². The summed E-state index contributed by atoms with van der Waals surface area (Å²) in [6.45, 7) is 2.12. The van der Waals surface area contributed by atoms with E-state index in [-0.39, 0.29) is 11.6 Å². The molecule has 0 aliphatic heterocycles. The fourth-order valence-electron chi connectivity index (χ4n) is 3.01. The fraction of sp³-hybridized carbons (Fsp3) is 0.588. The Morgan fingerprint density at radius 3 is 2.55 bits per heavy atom. The number of carbonyl (C=O) groups excluding carboxylic acids is 1. The third kappa shape index (κ3) is 4.71. The van der Waals surface area contributed by atoms with E-state index in [0.717, 1.165) is 25.4 Å².